The Morgan fingerprint density at radius 2 is 2.04 bits per heavy atom. The number of benzene rings is 2. The molecule has 0 aliphatic carbocycles. The third-order valence-corrected chi connectivity index (χ3v) is 3.93. The summed E-state index contributed by atoms with van der Waals surface area (Å²) >= 11 is 3.45. The maximum Gasteiger partial charge on any atom is 0.246 e. The predicted molar refractivity (Wildman–Crippen MR) is 92.5 cm³/mol. The van der Waals surface area contributed by atoms with Gasteiger partial charge in [0, 0.05) is 10.2 Å². The van der Waals surface area contributed by atoms with Crippen LogP contribution in [-0.2, 0) is 6.54 Å². The second kappa shape index (κ2) is 6.83. The highest BCUT2D eigenvalue weighted by molar-refractivity contribution is 9.10. The molecular formula is C17H16BrN3O2. The molecule has 0 aliphatic rings. The van der Waals surface area contributed by atoms with Crippen LogP contribution in [0.15, 0.2) is 51.5 Å². The molecule has 3 aromatic rings. The van der Waals surface area contributed by atoms with Crippen molar-refractivity contribution in [3.63, 3.8) is 0 Å². The fraction of sp³-hybridized carbons (Fsp3) is 0.176. The molecule has 0 atom stereocenters. The lowest BCUT2D eigenvalue weighted by Gasteiger charge is -2.07. The molecule has 6 heteroatoms. The average Bonchev–Trinajstić information content (AvgIpc) is 3.03. The molecule has 0 saturated carbocycles. The van der Waals surface area contributed by atoms with E-state index in [1.165, 1.54) is 0 Å². The monoisotopic (exact) mass is 373 g/mol. The van der Waals surface area contributed by atoms with Gasteiger partial charge in [-0.25, -0.2) is 0 Å². The Bertz CT molecular complexity index is 817. The number of rotatable bonds is 5. The van der Waals surface area contributed by atoms with Gasteiger partial charge in [0.15, 0.2) is 0 Å². The summed E-state index contributed by atoms with van der Waals surface area (Å²) in [5, 5.41) is 7.33. The van der Waals surface area contributed by atoms with Crippen LogP contribution in [0.3, 0.4) is 0 Å². The maximum atomic E-state index is 5.32. The van der Waals surface area contributed by atoms with Crippen LogP contribution in [0.5, 0.6) is 5.75 Å². The third kappa shape index (κ3) is 3.53. The lowest BCUT2D eigenvalue weighted by molar-refractivity contribution is 0.383. The molecule has 1 N–H and O–H groups in total. The zero-order valence-electron chi connectivity index (χ0n) is 12.8. The number of nitrogens with zero attached hydrogens (tertiary/aromatic N) is 2. The zero-order valence-corrected chi connectivity index (χ0v) is 14.4. The molecule has 2 aromatic carbocycles. The number of ether oxygens (including phenoxy) is 1. The summed E-state index contributed by atoms with van der Waals surface area (Å²) < 4.78 is 11.7. The molecule has 0 saturated heterocycles. The Kier molecular flexibility index (Phi) is 4.62. The molecule has 0 amide bonds. The zero-order chi connectivity index (χ0) is 16.2. The summed E-state index contributed by atoms with van der Waals surface area (Å²) in [5.74, 6) is 1.76. The van der Waals surface area contributed by atoms with Gasteiger partial charge in [0.05, 0.1) is 19.2 Å². The molecule has 0 aliphatic heterocycles. The molecule has 1 aromatic heterocycles. The Morgan fingerprint density at radius 1 is 1.22 bits per heavy atom. The van der Waals surface area contributed by atoms with Crippen LogP contribution in [0.2, 0.25) is 0 Å². The van der Waals surface area contributed by atoms with E-state index in [0.29, 0.717) is 18.3 Å². The topological polar surface area (TPSA) is 60.2 Å². The summed E-state index contributed by atoms with van der Waals surface area (Å²) in [4.78, 5) is 4.42. The summed E-state index contributed by atoms with van der Waals surface area (Å²) in [5.41, 5.74) is 2.99. The van der Waals surface area contributed by atoms with Gasteiger partial charge in [0.25, 0.3) is 0 Å². The minimum Gasteiger partial charge on any atom is -0.496 e. The molecule has 23 heavy (non-hydrogen) atoms. The van der Waals surface area contributed by atoms with Crippen LogP contribution in [0.1, 0.15) is 11.5 Å². The molecule has 118 valence electrons. The number of halogens is 1. The van der Waals surface area contributed by atoms with Crippen molar-refractivity contribution in [3.05, 3.63) is 58.4 Å². The highest BCUT2D eigenvalue weighted by Crippen LogP contribution is 2.27. The van der Waals surface area contributed by atoms with E-state index in [9.17, 15) is 0 Å². The van der Waals surface area contributed by atoms with E-state index in [4.69, 9.17) is 9.26 Å². The quantitative estimate of drug-likeness (QED) is 0.716. The third-order valence-electron chi connectivity index (χ3n) is 3.43. The number of hydrogen-bond acceptors (Lipinski definition) is 5. The van der Waals surface area contributed by atoms with Gasteiger partial charge < -0.3 is 14.6 Å². The molecule has 0 unspecified atom stereocenters. The van der Waals surface area contributed by atoms with E-state index in [0.717, 1.165) is 27.0 Å². The summed E-state index contributed by atoms with van der Waals surface area (Å²) in [6, 6.07) is 13.6. The molecule has 0 spiro atoms. The molecule has 5 nitrogen and oxygen atoms in total. The molecule has 1 heterocycles. The van der Waals surface area contributed by atoms with Crippen molar-refractivity contribution in [3.8, 4) is 17.1 Å². The number of aryl methyl sites for hydroxylation is 1. The Hall–Kier alpha value is -2.34. The van der Waals surface area contributed by atoms with Crippen LogP contribution >= 0.6 is 15.9 Å². The first kappa shape index (κ1) is 15.6. The van der Waals surface area contributed by atoms with Gasteiger partial charge in [-0.15, -0.1) is 0 Å². The molecular weight excluding hydrogens is 358 g/mol. The number of hydrogen-bond donors (Lipinski definition) is 1. The van der Waals surface area contributed by atoms with Crippen molar-refractivity contribution in [2.75, 3.05) is 12.4 Å². The van der Waals surface area contributed by atoms with Crippen LogP contribution < -0.4 is 10.1 Å². The molecule has 3 rings (SSSR count). The normalized spacial score (nSPS) is 10.6. The van der Waals surface area contributed by atoms with Crippen LogP contribution in [-0.4, -0.2) is 17.3 Å². The van der Waals surface area contributed by atoms with Gasteiger partial charge in [0.1, 0.15) is 5.75 Å². The van der Waals surface area contributed by atoms with E-state index < -0.39 is 0 Å². The van der Waals surface area contributed by atoms with Crippen molar-refractivity contribution in [1.29, 1.82) is 0 Å². The minimum atomic E-state index is 0.463. The summed E-state index contributed by atoms with van der Waals surface area (Å²) in [7, 11) is 1.62. The number of anilines is 1. The van der Waals surface area contributed by atoms with Crippen molar-refractivity contribution < 1.29 is 9.26 Å². The van der Waals surface area contributed by atoms with Crippen LogP contribution in [0, 0.1) is 6.92 Å². The SMILES string of the molecule is COc1ccccc1-c1noc(CNc2ccc(Br)cc2C)n1. The molecule has 0 radical (unpaired) electrons. The Balaban J connectivity index is 1.75. The highest BCUT2D eigenvalue weighted by Gasteiger charge is 2.12. The standard InChI is InChI=1S/C17H16BrN3O2/c1-11-9-12(18)7-8-14(11)19-10-16-20-17(21-23-16)13-5-3-4-6-15(13)22-2/h3-9,19H,10H2,1-2H3. The lowest BCUT2D eigenvalue weighted by atomic mass is 10.2. The first-order chi connectivity index (χ1) is 11.2. The van der Waals surface area contributed by atoms with Crippen molar-refractivity contribution in [2.45, 2.75) is 13.5 Å². The summed E-state index contributed by atoms with van der Waals surface area (Å²) in [6.45, 7) is 2.51. The average molecular weight is 374 g/mol. The van der Waals surface area contributed by atoms with Gasteiger partial charge in [0.2, 0.25) is 11.7 Å². The fourth-order valence-electron chi connectivity index (χ4n) is 2.26. The van der Waals surface area contributed by atoms with E-state index in [1.54, 1.807) is 7.11 Å². The Morgan fingerprint density at radius 3 is 2.83 bits per heavy atom. The smallest absolute Gasteiger partial charge is 0.246 e. The molecule has 0 bridgehead atoms. The van der Waals surface area contributed by atoms with E-state index in [2.05, 4.69) is 37.5 Å². The maximum absolute atomic E-state index is 5.32. The highest BCUT2D eigenvalue weighted by atomic mass is 79.9. The second-order valence-electron chi connectivity index (χ2n) is 5.02. The van der Waals surface area contributed by atoms with Crippen molar-refractivity contribution in [2.24, 2.45) is 0 Å². The fourth-order valence-corrected chi connectivity index (χ4v) is 2.74. The van der Waals surface area contributed by atoms with Crippen LogP contribution in [0.4, 0.5) is 5.69 Å². The van der Waals surface area contributed by atoms with Crippen molar-refractivity contribution in [1.82, 2.24) is 10.1 Å². The van der Waals surface area contributed by atoms with E-state index in [-0.39, 0.29) is 0 Å². The van der Waals surface area contributed by atoms with Gasteiger partial charge in [-0.2, -0.15) is 4.98 Å². The van der Waals surface area contributed by atoms with Gasteiger partial charge >= 0.3 is 0 Å². The molecule has 0 fully saturated rings. The van der Waals surface area contributed by atoms with Crippen molar-refractivity contribution >= 4 is 21.6 Å². The first-order valence-corrected chi connectivity index (χ1v) is 7.92. The summed E-state index contributed by atoms with van der Waals surface area (Å²) in [6.07, 6.45) is 0. The first-order valence-electron chi connectivity index (χ1n) is 7.13. The predicted octanol–water partition coefficient (Wildman–Crippen LogP) is 4.43. The number of para-hydroxylation sites is 1. The Labute approximate surface area is 142 Å². The van der Waals surface area contributed by atoms with E-state index >= 15 is 0 Å². The van der Waals surface area contributed by atoms with Gasteiger partial charge in [-0.05, 0) is 42.8 Å². The van der Waals surface area contributed by atoms with Gasteiger partial charge in [-0.1, -0.05) is 33.2 Å². The number of nitrogens with one attached hydrogen (secondary N) is 1. The largest absolute Gasteiger partial charge is 0.496 e. The number of aromatic nitrogens is 2. The minimum absolute atomic E-state index is 0.463. The van der Waals surface area contributed by atoms with E-state index in [1.807, 2.05) is 43.3 Å². The lowest BCUT2D eigenvalue weighted by Crippen LogP contribution is -2.01. The number of methoxy groups -OCH3 is 1. The van der Waals surface area contributed by atoms with Gasteiger partial charge in [-0.3, -0.25) is 0 Å². The second-order valence-corrected chi connectivity index (χ2v) is 5.94. The van der Waals surface area contributed by atoms with Crippen LogP contribution in [0.25, 0.3) is 11.4 Å².